The van der Waals surface area contributed by atoms with Crippen LogP contribution < -0.4 is 4.90 Å². The molecule has 0 aliphatic rings. The second kappa shape index (κ2) is 12.7. The molecule has 0 spiro atoms. The van der Waals surface area contributed by atoms with E-state index in [0.29, 0.717) is 0 Å². The topological polar surface area (TPSA) is 3.24 Å². The van der Waals surface area contributed by atoms with Gasteiger partial charge in [0.2, 0.25) is 0 Å². The van der Waals surface area contributed by atoms with Crippen molar-refractivity contribution in [3.8, 4) is 44.5 Å². The fourth-order valence-corrected chi connectivity index (χ4v) is 6.39. The molecular weight excluding hydrogens is 567 g/mol. The third kappa shape index (κ3) is 5.95. The molecule has 0 saturated carbocycles. The van der Waals surface area contributed by atoms with Crippen molar-refractivity contribution in [1.82, 2.24) is 0 Å². The molecule has 1 heteroatoms. The van der Waals surface area contributed by atoms with Crippen LogP contribution in [0.2, 0.25) is 0 Å². The van der Waals surface area contributed by atoms with Gasteiger partial charge in [0.05, 0.1) is 0 Å². The molecule has 0 aliphatic carbocycles. The Balaban J connectivity index is 1.16. The Kier molecular flexibility index (Phi) is 7.63. The average Bonchev–Trinajstić information content (AvgIpc) is 3.16. The summed E-state index contributed by atoms with van der Waals surface area (Å²) in [5.74, 6) is 0. The Hall–Kier alpha value is -6.18. The van der Waals surface area contributed by atoms with E-state index in [1.807, 2.05) is 0 Å². The van der Waals surface area contributed by atoms with E-state index in [4.69, 9.17) is 0 Å². The molecule has 0 atom stereocenters. The lowest BCUT2D eigenvalue weighted by molar-refractivity contribution is 1.28. The van der Waals surface area contributed by atoms with Crippen LogP contribution in [0.4, 0.5) is 17.1 Å². The normalized spacial score (nSPS) is 11.0. The monoisotopic (exact) mass is 599 g/mol. The summed E-state index contributed by atoms with van der Waals surface area (Å²) < 4.78 is 0. The summed E-state index contributed by atoms with van der Waals surface area (Å²) in [5.41, 5.74) is 13.0. The van der Waals surface area contributed by atoms with Gasteiger partial charge in [-0.3, -0.25) is 0 Å². The number of benzene rings is 8. The molecule has 8 aromatic rings. The van der Waals surface area contributed by atoms with Gasteiger partial charge in [-0.25, -0.2) is 0 Å². The van der Waals surface area contributed by atoms with E-state index in [1.165, 1.54) is 55.3 Å². The first kappa shape index (κ1) is 28.3. The lowest BCUT2D eigenvalue weighted by Gasteiger charge is -2.26. The summed E-state index contributed by atoms with van der Waals surface area (Å²) in [6.45, 7) is 0. The smallest absolute Gasteiger partial charge is 0.0467 e. The lowest BCUT2D eigenvalue weighted by atomic mass is 9.97. The molecule has 0 N–H and O–H groups in total. The molecule has 8 rings (SSSR count). The van der Waals surface area contributed by atoms with Gasteiger partial charge in [-0.1, -0.05) is 152 Å². The predicted octanol–water partition coefficient (Wildman–Crippen LogP) is 13.0. The van der Waals surface area contributed by atoms with Crippen molar-refractivity contribution in [2.24, 2.45) is 0 Å². The van der Waals surface area contributed by atoms with Gasteiger partial charge < -0.3 is 4.90 Å². The predicted molar refractivity (Wildman–Crippen MR) is 200 cm³/mol. The number of hydrogen-bond donors (Lipinski definition) is 0. The second-order valence-corrected chi connectivity index (χ2v) is 11.9. The van der Waals surface area contributed by atoms with Crippen molar-refractivity contribution in [1.29, 1.82) is 0 Å². The highest BCUT2D eigenvalue weighted by atomic mass is 15.1. The van der Waals surface area contributed by atoms with E-state index in [9.17, 15) is 0 Å². The molecule has 0 amide bonds. The van der Waals surface area contributed by atoms with Crippen molar-refractivity contribution in [3.05, 3.63) is 200 Å². The van der Waals surface area contributed by atoms with Gasteiger partial charge in [0.25, 0.3) is 0 Å². The second-order valence-electron chi connectivity index (χ2n) is 11.9. The van der Waals surface area contributed by atoms with Gasteiger partial charge in [0.15, 0.2) is 0 Å². The van der Waals surface area contributed by atoms with Crippen LogP contribution in [-0.2, 0) is 0 Å². The number of anilines is 3. The third-order valence-corrected chi connectivity index (χ3v) is 8.85. The summed E-state index contributed by atoms with van der Waals surface area (Å²) in [4.78, 5) is 2.34. The molecule has 0 unspecified atom stereocenters. The number of rotatable bonds is 7. The first-order valence-corrected chi connectivity index (χ1v) is 16.1. The minimum absolute atomic E-state index is 1.11. The fraction of sp³-hybridized carbons (Fsp3) is 0. The van der Waals surface area contributed by atoms with Gasteiger partial charge in [-0.2, -0.15) is 0 Å². The molecule has 0 aliphatic heterocycles. The standard InChI is InChI=1S/C46H33N/c1-3-11-34(12-4-1)37-23-27-44(28-24-37)47(46-20-10-19-42(33-46)35-13-5-2-6-14-35)45-29-25-38(26-30-45)40-17-9-18-41(31-40)43-22-21-36-15-7-8-16-39(36)32-43/h1-33H. The van der Waals surface area contributed by atoms with Gasteiger partial charge in [-0.15, -0.1) is 0 Å². The molecule has 0 radical (unpaired) electrons. The van der Waals surface area contributed by atoms with Crippen LogP contribution in [0.25, 0.3) is 55.3 Å². The van der Waals surface area contributed by atoms with E-state index in [1.54, 1.807) is 0 Å². The fourth-order valence-electron chi connectivity index (χ4n) is 6.39. The van der Waals surface area contributed by atoms with Crippen LogP contribution in [0.5, 0.6) is 0 Å². The number of fused-ring (bicyclic) bond motifs is 1. The third-order valence-electron chi connectivity index (χ3n) is 8.85. The average molecular weight is 600 g/mol. The lowest BCUT2D eigenvalue weighted by Crippen LogP contribution is -2.10. The highest BCUT2D eigenvalue weighted by Gasteiger charge is 2.14. The Bertz CT molecular complexity index is 2270. The molecule has 47 heavy (non-hydrogen) atoms. The highest BCUT2D eigenvalue weighted by Crippen LogP contribution is 2.38. The summed E-state index contributed by atoms with van der Waals surface area (Å²) in [7, 11) is 0. The van der Waals surface area contributed by atoms with Crippen LogP contribution >= 0.6 is 0 Å². The molecule has 0 saturated heterocycles. The molecule has 8 aromatic carbocycles. The highest BCUT2D eigenvalue weighted by molar-refractivity contribution is 5.88. The summed E-state index contributed by atoms with van der Waals surface area (Å²) in [6.07, 6.45) is 0. The molecule has 222 valence electrons. The van der Waals surface area contributed by atoms with Crippen LogP contribution in [0.3, 0.4) is 0 Å². The van der Waals surface area contributed by atoms with Gasteiger partial charge in [0, 0.05) is 17.1 Å². The molecule has 0 aromatic heterocycles. The van der Waals surface area contributed by atoms with E-state index in [0.717, 1.165) is 17.1 Å². The Morgan fingerprint density at radius 1 is 0.213 bits per heavy atom. The first-order chi connectivity index (χ1) is 23.3. The summed E-state index contributed by atoms with van der Waals surface area (Å²) in [5, 5.41) is 2.52. The van der Waals surface area contributed by atoms with Crippen molar-refractivity contribution < 1.29 is 0 Å². The van der Waals surface area contributed by atoms with Crippen LogP contribution in [0, 0.1) is 0 Å². The molecule has 1 nitrogen and oxygen atoms in total. The largest absolute Gasteiger partial charge is 0.310 e. The first-order valence-electron chi connectivity index (χ1n) is 16.1. The molecule has 0 fully saturated rings. The van der Waals surface area contributed by atoms with Gasteiger partial charge >= 0.3 is 0 Å². The molecular formula is C46H33N. The van der Waals surface area contributed by atoms with Gasteiger partial charge in [0.1, 0.15) is 0 Å². The van der Waals surface area contributed by atoms with Crippen molar-refractivity contribution in [2.75, 3.05) is 4.90 Å². The maximum atomic E-state index is 2.34. The number of hydrogen-bond acceptors (Lipinski definition) is 1. The zero-order valence-electron chi connectivity index (χ0n) is 26.0. The number of nitrogens with zero attached hydrogens (tertiary/aromatic N) is 1. The maximum absolute atomic E-state index is 2.34. The van der Waals surface area contributed by atoms with Crippen LogP contribution in [0.15, 0.2) is 200 Å². The maximum Gasteiger partial charge on any atom is 0.0467 e. The quantitative estimate of drug-likeness (QED) is 0.176. The minimum Gasteiger partial charge on any atom is -0.310 e. The SMILES string of the molecule is c1ccc(-c2ccc(N(c3ccc(-c4cccc(-c5ccc6ccccc6c5)c4)cc3)c3cccc(-c4ccccc4)c3)cc2)cc1. The van der Waals surface area contributed by atoms with E-state index in [2.05, 4.69) is 205 Å². The minimum atomic E-state index is 1.11. The molecule has 0 bridgehead atoms. The Morgan fingerprint density at radius 3 is 1.26 bits per heavy atom. The van der Waals surface area contributed by atoms with E-state index >= 15 is 0 Å². The van der Waals surface area contributed by atoms with Crippen molar-refractivity contribution in [2.45, 2.75) is 0 Å². The Labute approximate surface area is 276 Å². The zero-order chi connectivity index (χ0) is 31.4. The molecule has 0 heterocycles. The van der Waals surface area contributed by atoms with Crippen LogP contribution in [0.1, 0.15) is 0 Å². The van der Waals surface area contributed by atoms with Crippen molar-refractivity contribution >= 4 is 27.8 Å². The zero-order valence-corrected chi connectivity index (χ0v) is 26.0. The van der Waals surface area contributed by atoms with E-state index < -0.39 is 0 Å². The summed E-state index contributed by atoms with van der Waals surface area (Å²) in [6, 6.07) is 71.8. The Morgan fingerprint density at radius 2 is 0.617 bits per heavy atom. The van der Waals surface area contributed by atoms with Crippen LogP contribution in [-0.4, -0.2) is 0 Å². The van der Waals surface area contributed by atoms with Gasteiger partial charge in [-0.05, 0) is 104 Å². The van der Waals surface area contributed by atoms with E-state index in [-0.39, 0.29) is 0 Å². The van der Waals surface area contributed by atoms with Crippen molar-refractivity contribution in [3.63, 3.8) is 0 Å². The summed E-state index contributed by atoms with van der Waals surface area (Å²) >= 11 is 0.